The highest BCUT2D eigenvalue weighted by Gasteiger charge is 2.50. The van der Waals surface area contributed by atoms with Crippen molar-refractivity contribution in [3.8, 4) is 11.5 Å². The summed E-state index contributed by atoms with van der Waals surface area (Å²) in [4.78, 5) is 27.4. The summed E-state index contributed by atoms with van der Waals surface area (Å²) < 4.78 is 11.4. The lowest BCUT2D eigenvalue weighted by Gasteiger charge is -2.22. The molecule has 0 aliphatic carbocycles. The molecular formula is C23H22BrNO5. The number of benzene rings is 2. The highest BCUT2D eigenvalue weighted by molar-refractivity contribution is 9.10. The second kappa shape index (κ2) is 8.24. The Labute approximate surface area is 183 Å². The van der Waals surface area contributed by atoms with Gasteiger partial charge in [0.1, 0.15) is 0 Å². The number of ketones is 1. The van der Waals surface area contributed by atoms with Crippen LogP contribution in [0.1, 0.15) is 37.3 Å². The largest absolute Gasteiger partial charge is 0.454 e. The molecule has 6 nitrogen and oxygen atoms in total. The van der Waals surface area contributed by atoms with Crippen LogP contribution in [-0.2, 0) is 15.2 Å². The lowest BCUT2D eigenvalue weighted by Crippen LogP contribution is -2.42. The second-order valence-electron chi connectivity index (χ2n) is 7.42. The Hall–Kier alpha value is -2.64. The predicted molar refractivity (Wildman–Crippen MR) is 117 cm³/mol. The number of carbonyl (C=O) groups excluding carboxylic acids is 2. The maximum Gasteiger partial charge on any atom is 0.264 e. The van der Waals surface area contributed by atoms with Gasteiger partial charge in [0.2, 0.25) is 6.79 Å². The molecule has 2 aromatic rings. The van der Waals surface area contributed by atoms with Crippen molar-refractivity contribution in [3.05, 3.63) is 58.1 Å². The molecule has 30 heavy (non-hydrogen) atoms. The highest BCUT2D eigenvalue weighted by atomic mass is 79.9. The third-order valence-electron chi connectivity index (χ3n) is 5.32. The molecule has 1 N–H and O–H groups in total. The molecule has 0 radical (unpaired) electrons. The summed E-state index contributed by atoms with van der Waals surface area (Å²) in [6, 6.07) is 10.7. The minimum atomic E-state index is -1.87. The number of ether oxygens (including phenoxy) is 2. The van der Waals surface area contributed by atoms with E-state index >= 15 is 0 Å². The zero-order valence-electron chi connectivity index (χ0n) is 16.6. The monoisotopic (exact) mass is 471 g/mol. The summed E-state index contributed by atoms with van der Waals surface area (Å²) in [5, 5.41) is 11.3. The van der Waals surface area contributed by atoms with Gasteiger partial charge in [-0.3, -0.25) is 9.59 Å². The summed E-state index contributed by atoms with van der Waals surface area (Å²) in [5.41, 5.74) is 0.0166. The molecular weight excluding hydrogens is 450 g/mol. The van der Waals surface area contributed by atoms with Crippen molar-refractivity contribution >= 4 is 39.4 Å². The molecule has 0 fully saturated rings. The van der Waals surface area contributed by atoms with Gasteiger partial charge in [-0.15, -0.1) is 0 Å². The van der Waals surface area contributed by atoms with Gasteiger partial charge in [0, 0.05) is 16.6 Å². The number of allylic oxidation sites excluding steroid dienone is 1. The van der Waals surface area contributed by atoms with E-state index < -0.39 is 11.5 Å². The molecule has 2 heterocycles. The molecule has 0 aromatic heterocycles. The summed E-state index contributed by atoms with van der Waals surface area (Å²) in [6.07, 6.45) is 4.44. The zero-order valence-corrected chi connectivity index (χ0v) is 18.1. The molecule has 1 amide bonds. The van der Waals surface area contributed by atoms with Crippen molar-refractivity contribution in [1.29, 1.82) is 0 Å². The van der Waals surface area contributed by atoms with Crippen LogP contribution in [0.25, 0.3) is 6.08 Å². The van der Waals surface area contributed by atoms with Crippen LogP contribution < -0.4 is 14.4 Å². The highest BCUT2D eigenvalue weighted by Crippen LogP contribution is 2.44. The van der Waals surface area contributed by atoms with Crippen LogP contribution in [0.2, 0.25) is 0 Å². The van der Waals surface area contributed by atoms with Gasteiger partial charge in [0.05, 0.1) is 12.1 Å². The first-order chi connectivity index (χ1) is 14.4. The first-order valence-electron chi connectivity index (χ1n) is 9.87. The second-order valence-corrected chi connectivity index (χ2v) is 8.34. The Bertz CT molecular complexity index is 1030. The van der Waals surface area contributed by atoms with E-state index in [2.05, 4.69) is 15.9 Å². The Morgan fingerprint density at radius 1 is 1.23 bits per heavy atom. The quantitative estimate of drug-likeness (QED) is 0.612. The molecule has 2 aromatic carbocycles. The molecule has 0 saturated heterocycles. The normalized spacial score (nSPS) is 19.6. The van der Waals surface area contributed by atoms with Crippen molar-refractivity contribution in [2.45, 2.75) is 31.8 Å². The maximum atomic E-state index is 13.1. The van der Waals surface area contributed by atoms with E-state index in [1.165, 1.54) is 6.08 Å². The van der Waals surface area contributed by atoms with Gasteiger partial charge in [-0.1, -0.05) is 41.4 Å². The lowest BCUT2D eigenvalue weighted by atomic mass is 9.89. The van der Waals surface area contributed by atoms with E-state index in [9.17, 15) is 14.7 Å². The molecule has 1 atom stereocenters. The van der Waals surface area contributed by atoms with Gasteiger partial charge < -0.3 is 19.5 Å². The number of amides is 1. The predicted octanol–water partition coefficient (Wildman–Crippen LogP) is 4.18. The number of nitrogens with zero attached hydrogens (tertiary/aromatic N) is 1. The van der Waals surface area contributed by atoms with Crippen LogP contribution in [0.4, 0.5) is 5.69 Å². The smallest absolute Gasteiger partial charge is 0.264 e. The minimum absolute atomic E-state index is 0.181. The molecule has 0 spiro atoms. The van der Waals surface area contributed by atoms with Gasteiger partial charge in [-0.25, -0.2) is 0 Å². The number of halogens is 1. The van der Waals surface area contributed by atoms with Gasteiger partial charge in [0.25, 0.3) is 5.91 Å². The molecule has 156 valence electrons. The SMILES string of the molecule is CCCCN1C(=O)C(O)(CC(=O)C=Cc2ccc3c(c2)OCO3)c2cc(Br)ccc21. The molecule has 0 bridgehead atoms. The van der Waals surface area contributed by atoms with Crippen LogP contribution in [0, 0.1) is 0 Å². The number of aliphatic hydroxyl groups is 1. The van der Waals surface area contributed by atoms with Crippen molar-refractivity contribution in [2.24, 2.45) is 0 Å². The van der Waals surface area contributed by atoms with Crippen molar-refractivity contribution in [1.82, 2.24) is 0 Å². The average molecular weight is 472 g/mol. The van der Waals surface area contributed by atoms with E-state index in [1.54, 1.807) is 35.2 Å². The summed E-state index contributed by atoms with van der Waals surface area (Å²) in [5.74, 6) is 0.499. The van der Waals surface area contributed by atoms with Crippen LogP contribution in [0.15, 0.2) is 46.9 Å². The Morgan fingerprint density at radius 3 is 2.83 bits per heavy atom. The van der Waals surface area contributed by atoms with Crippen molar-refractivity contribution in [3.63, 3.8) is 0 Å². The maximum absolute atomic E-state index is 13.1. The van der Waals surface area contributed by atoms with Crippen LogP contribution >= 0.6 is 15.9 Å². The van der Waals surface area contributed by atoms with Gasteiger partial charge in [-0.05, 0) is 48.4 Å². The summed E-state index contributed by atoms with van der Waals surface area (Å²) >= 11 is 3.40. The zero-order chi connectivity index (χ0) is 21.3. The van der Waals surface area contributed by atoms with Gasteiger partial charge >= 0.3 is 0 Å². The van der Waals surface area contributed by atoms with Crippen LogP contribution in [0.3, 0.4) is 0 Å². The summed E-state index contributed by atoms with van der Waals surface area (Å²) in [7, 11) is 0. The fourth-order valence-electron chi connectivity index (χ4n) is 3.75. The number of fused-ring (bicyclic) bond motifs is 2. The first kappa shape index (κ1) is 20.6. The number of anilines is 1. The fourth-order valence-corrected chi connectivity index (χ4v) is 4.11. The fraction of sp³-hybridized carbons (Fsp3) is 0.304. The molecule has 0 saturated carbocycles. The molecule has 2 aliphatic heterocycles. The molecule has 2 aliphatic rings. The Kier molecular flexibility index (Phi) is 5.66. The first-order valence-corrected chi connectivity index (χ1v) is 10.7. The minimum Gasteiger partial charge on any atom is -0.454 e. The number of hydrogen-bond donors (Lipinski definition) is 1. The average Bonchev–Trinajstić information content (AvgIpc) is 3.27. The van der Waals surface area contributed by atoms with Crippen molar-refractivity contribution in [2.75, 3.05) is 18.2 Å². The lowest BCUT2D eigenvalue weighted by molar-refractivity contribution is -0.140. The van der Waals surface area contributed by atoms with Gasteiger partial charge in [0.15, 0.2) is 22.9 Å². The number of unbranched alkanes of at least 4 members (excludes halogenated alkanes) is 1. The molecule has 4 rings (SSSR count). The molecule has 1 unspecified atom stereocenters. The number of carbonyl (C=O) groups is 2. The van der Waals surface area contributed by atoms with E-state index in [-0.39, 0.29) is 19.0 Å². The van der Waals surface area contributed by atoms with E-state index in [4.69, 9.17) is 9.47 Å². The Morgan fingerprint density at radius 2 is 2.03 bits per heavy atom. The summed E-state index contributed by atoms with van der Waals surface area (Å²) in [6.45, 7) is 2.73. The molecule has 7 heteroatoms. The topological polar surface area (TPSA) is 76.1 Å². The van der Waals surface area contributed by atoms with E-state index in [0.717, 1.165) is 22.9 Å². The van der Waals surface area contributed by atoms with E-state index in [0.29, 0.717) is 29.3 Å². The van der Waals surface area contributed by atoms with Crippen molar-refractivity contribution < 1.29 is 24.2 Å². The van der Waals surface area contributed by atoms with Crippen LogP contribution in [-0.4, -0.2) is 30.1 Å². The van der Waals surface area contributed by atoms with Gasteiger partial charge in [-0.2, -0.15) is 0 Å². The standard InChI is InChI=1S/C23H22BrNO5/c1-2-3-10-25-19-8-6-16(24)12-18(19)23(28,22(25)27)13-17(26)7-4-15-5-9-20-21(11-15)30-14-29-20/h4-9,11-12,28H,2-3,10,13-14H2,1H3. The Balaban J connectivity index is 1.56. The van der Waals surface area contributed by atoms with Crippen LogP contribution in [0.5, 0.6) is 11.5 Å². The third-order valence-corrected chi connectivity index (χ3v) is 5.81. The number of hydrogen-bond acceptors (Lipinski definition) is 5. The third kappa shape index (κ3) is 3.75. The number of rotatable bonds is 7. The van der Waals surface area contributed by atoms with E-state index in [1.807, 2.05) is 19.1 Å².